The maximum absolute atomic E-state index is 13.3. The molecule has 3 aromatic carbocycles. The summed E-state index contributed by atoms with van der Waals surface area (Å²) in [4.78, 5) is 25.3. The van der Waals surface area contributed by atoms with Gasteiger partial charge in [0, 0.05) is 17.2 Å². The minimum absolute atomic E-state index is 0.120. The third-order valence-corrected chi connectivity index (χ3v) is 3.86. The molecule has 0 atom stereocenters. The smallest absolute Gasteiger partial charge is 0.259 e. The SMILES string of the molecule is COc1cc(F)ccc1C(=O)Nc1ccccc1C(=O)c1ccccc1. The highest BCUT2D eigenvalue weighted by molar-refractivity contribution is 6.15. The van der Waals surface area contributed by atoms with E-state index in [1.54, 1.807) is 48.5 Å². The third kappa shape index (κ3) is 3.62. The van der Waals surface area contributed by atoms with E-state index in [4.69, 9.17) is 4.74 Å². The van der Waals surface area contributed by atoms with E-state index in [0.717, 1.165) is 6.07 Å². The first-order valence-corrected chi connectivity index (χ1v) is 7.94. The molecule has 1 amide bonds. The molecule has 0 aliphatic carbocycles. The van der Waals surface area contributed by atoms with E-state index in [1.165, 1.54) is 19.2 Å². The number of ketones is 1. The maximum Gasteiger partial charge on any atom is 0.259 e. The minimum Gasteiger partial charge on any atom is -0.496 e. The molecule has 0 saturated carbocycles. The Morgan fingerprint density at radius 1 is 0.885 bits per heavy atom. The molecule has 3 rings (SSSR count). The van der Waals surface area contributed by atoms with Gasteiger partial charge in [-0.3, -0.25) is 9.59 Å². The number of nitrogens with one attached hydrogen (secondary N) is 1. The van der Waals surface area contributed by atoms with Crippen LogP contribution in [0.4, 0.5) is 10.1 Å². The number of rotatable bonds is 5. The first kappa shape index (κ1) is 17.4. The highest BCUT2D eigenvalue weighted by atomic mass is 19.1. The Morgan fingerprint density at radius 2 is 1.58 bits per heavy atom. The number of carbonyl (C=O) groups excluding carboxylic acids is 2. The van der Waals surface area contributed by atoms with Crippen LogP contribution in [0.2, 0.25) is 0 Å². The van der Waals surface area contributed by atoms with Crippen molar-refractivity contribution in [1.29, 1.82) is 0 Å². The summed E-state index contributed by atoms with van der Waals surface area (Å²) in [6.45, 7) is 0. The molecule has 0 fully saturated rings. The summed E-state index contributed by atoms with van der Waals surface area (Å²) in [5.41, 5.74) is 1.44. The van der Waals surface area contributed by atoms with Crippen LogP contribution in [-0.2, 0) is 0 Å². The van der Waals surface area contributed by atoms with Crippen LogP contribution in [0.3, 0.4) is 0 Å². The van der Waals surface area contributed by atoms with Gasteiger partial charge in [-0.2, -0.15) is 0 Å². The second-order valence-corrected chi connectivity index (χ2v) is 5.54. The fraction of sp³-hybridized carbons (Fsp3) is 0.0476. The van der Waals surface area contributed by atoms with Crippen molar-refractivity contribution in [3.05, 3.63) is 95.3 Å². The average Bonchev–Trinajstić information content (AvgIpc) is 2.68. The fourth-order valence-corrected chi connectivity index (χ4v) is 2.58. The molecule has 26 heavy (non-hydrogen) atoms. The fourth-order valence-electron chi connectivity index (χ4n) is 2.58. The van der Waals surface area contributed by atoms with Crippen molar-refractivity contribution in [3.8, 4) is 5.75 Å². The monoisotopic (exact) mass is 349 g/mol. The Balaban J connectivity index is 1.92. The van der Waals surface area contributed by atoms with Crippen LogP contribution >= 0.6 is 0 Å². The summed E-state index contributed by atoms with van der Waals surface area (Å²) in [5.74, 6) is -1.07. The number of benzene rings is 3. The van der Waals surface area contributed by atoms with Gasteiger partial charge in [-0.1, -0.05) is 42.5 Å². The van der Waals surface area contributed by atoms with E-state index >= 15 is 0 Å². The van der Waals surface area contributed by atoms with Gasteiger partial charge in [0.15, 0.2) is 5.78 Å². The first-order valence-electron chi connectivity index (χ1n) is 7.94. The molecule has 0 heterocycles. The van der Waals surface area contributed by atoms with Crippen LogP contribution in [0.5, 0.6) is 5.75 Å². The average molecular weight is 349 g/mol. The van der Waals surface area contributed by atoms with Crippen molar-refractivity contribution >= 4 is 17.4 Å². The summed E-state index contributed by atoms with van der Waals surface area (Å²) in [5, 5.41) is 2.71. The van der Waals surface area contributed by atoms with Crippen LogP contribution in [0, 0.1) is 5.82 Å². The molecule has 0 saturated heterocycles. The molecule has 4 nitrogen and oxygen atoms in total. The topological polar surface area (TPSA) is 55.4 Å². The number of methoxy groups -OCH3 is 1. The highest BCUT2D eigenvalue weighted by Gasteiger charge is 2.18. The molecule has 0 aliphatic heterocycles. The highest BCUT2D eigenvalue weighted by Crippen LogP contribution is 2.24. The second-order valence-electron chi connectivity index (χ2n) is 5.54. The first-order chi connectivity index (χ1) is 12.6. The summed E-state index contributed by atoms with van der Waals surface area (Å²) in [6.07, 6.45) is 0. The Hall–Kier alpha value is -3.47. The van der Waals surface area contributed by atoms with Gasteiger partial charge in [0.2, 0.25) is 0 Å². The molecule has 0 bridgehead atoms. The standard InChI is InChI=1S/C21H16FNO3/c1-26-19-13-15(22)11-12-17(19)21(25)23-18-10-6-5-9-16(18)20(24)14-7-3-2-4-8-14/h2-13H,1H3,(H,23,25). The Kier molecular flexibility index (Phi) is 5.08. The molecule has 0 aliphatic rings. The number of amides is 1. The van der Waals surface area contributed by atoms with Gasteiger partial charge in [0.05, 0.1) is 18.4 Å². The Morgan fingerprint density at radius 3 is 2.31 bits per heavy atom. The molecule has 0 spiro atoms. The predicted octanol–water partition coefficient (Wildman–Crippen LogP) is 4.32. The van der Waals surface area contributed by atoms with Crippen LogP contribution in [-0.4, -0.2) is 18.8 Å². The Bertz CT molecular complexity index is 954. The predicted molar refractivity (Wildman–Crippen MR) is 97.2 cm³/mol. The zero-order chi connectivity index (χ0) is 18.5. The summed E-state index contributed by atoms with van der Waals surface area (Å²) >= 11 is 0. The number of hydrogen-bond donors (Lipinski definition) is 1. The lowest BCUT2D eigenvalue weighted by Gasteiger charge is -2.12. The van der Waals surface area contributed by atoms with Gasteiger partial charge < -0.3 is 10.1 Å². The minimum atomic E-state index is -0.502. The zero-order valence-corrected chi connectivity index (χ0v) is 14.0. The van der Waals surface area contributed by atoms with E-state index in [9.17, 15) is 14.0 Å². The lowest BCUT2D eigenvalue weighted by molar-refractivity contribution is 0.102. The number of para-hydroxylation sites is 1. The van der Waals surface area contributed by atoms with Crippen molar-refractivity contribution < 1.29 is 18.7 Å². The van der Waals surface area contributed by atoms with E-state index in [1.807, 2.05) is 6.07 Å². The van der Waals surface area contributed by atoms with Crippen molar-refractivity contribution in [2.24, 2.45) is 0 Å². The van der Waals surface area contributed by atoms with Gasteiger partial charge in [-0.15, -0.1) is 0 Å². The molecule has 1 N–H and O–H groups in total. The van der Waals surface area contributed by atoms with Gasteiger partial charge in [-0.05, 0) is 24.3 Å². The van der Waals surface area contributed by atoms with E-state index in [0.29, 0.717) is 16.8 Å². The lowest BCUT2D eigenvalue weighted by atomic mass is 10.0. The number of ether oxygens (including phenoxy) is 1. The number of hydrogen-bond acceptors (Lipinski definition) is 3. The molecular weight excluding hydrogens is 333 g/mol. The van der Waals surface area contributed by atoms with E-state index in [-0.39, 0.29) is 17.1 Å². The lowest BCUT2D eigenvalue weighted by Crippen LogP contribution is -2.16. The summed E-state index contributed by atoms with van der Waals surface area (Å²) in [6, 6.07) is 19.2. The molecule has 0 aromatic heterocycles. The zero-order valence-electron chi connectivity index (χ0n) is 14.0. The van der Waals surface area contributed by atoms with Crippen molar-refractivity contribution in [1.82, 2.24) is 0 Å². The molecule has 0 radical (unpaired) electrons. The van der Waals surface area contributed by atoms with Crippen molar-refractivity contribution in [2.75, 3.05) is 12.4 Å². The quantitative estimate of drug-likeness (QED) is 0.698. The molecule has 5 heteroatoms. The van der Waals surface area contributed by atoms with Crippen LogP contribution in [0.1, 0.15) is 26.3 Å². The molecule has 0 unspecified atom stereocenters. The van der Waals surface area contributed by atoms with Crippen LogP contribution in [0.15, 0.2) is 72.8 Å². The van der Waals surface area contributed by atoms with Crippen molar-refractivity contribution in [3.63, 3.8) is 0 Å². The summed E-state index contributed by atoms with van der Waals surface area (Å²) in [7, 11) is 1.36. The third-order valence-electron chi connectivity index (χ3n) is 3.86. The van der Waals surface area contributed by atoms with Crippen molar-refractivity contribution in [2.45, 2.75) is 0 Å². The second kappa shape index (κ2) is 7.61. The van der Waals surface area contributed by atoms with Gasteiger partial charge >= 0.3 is 0 Å². The van der Waals surface area contributed by atoms with Gasteiger partial charge in [0.25, 0.3) is 5.91 Å². The largest absolute Gasteiger partial charge is 0.496 e. The summed E-state index contributed by atoms with van der Waals surface area (Å²) < 4.78 is 18.4. The normalized spacial score (nSPS) is 10.2. The van der Waals surface area contributed by atoms with E-state index < -0.39 is 11.7 Å². The van der Waals surface area contributed by atoms with Crippen LogP contribution in [0.25, 0.3) is 0 Å². The number of anilines is 1. The molecular formula is C21H16FNO3. The van der Waals surface area contributed by atoms with Crippen LogP contribution < -0.4 is 10.1 Å². The maximum atomic E-state index is 13.3. The van der Waals surface area contributed by atoms with Gasteiger partial charge in [0.1, 0.15) is 11.6 Å². The van der Waals surface area contributed by atoms with Gasteiger partial charge in [-0.25, -0.2) is 4.39 Å². The van der Waals surface area contributed by atoms with E-state index in [2.05, 4.69) is 5.32 Å². The number of halogens is 1. The number of carbonyl (C=O) groups is 2. The molecule has 3 aromatic rings. The molecule has 130 valence electrons. The Labute approximate surface area is 150 Å².